The molecule has 3 rings (SSSR count). The lowest BCUT2D eigenvalue weighted by Crippen LogP contribution is -2.36. The van der Waals surface area contributed by atoms with Crippen LogP contribution in [-0.2, 0) is 9.47 Å². The number of nitrogens with zero attached hydrogens (tertiary/aromatic N) is 2. The Morgan fingerprint density at radius 1 is 1.33 bits per heavy atom. The molecule has 0 saturated carbocycles. The lowest BCUT2D eigenvalue weighted by molar-refractivity contribution is 0.0857. The second kappa shape index (κ2) is 6.87. The van der Waals surface area contributed by atoms with Gasteiger partial charge in [-0.2, -0.15) is 0 Å². The zero-order valence-electron chi connectivity index (χ0n) is 12.1. The first-order valence-corrected chi connectivity index (χ1v) is 7.50. The molecule has 1 atom stereocenters. The van der Waals surface area contributed by atoms with Crippen LogP contribution in [0.25, 0.3) is 0 Å². The molecule has 2 aliphatic rings. The van der Waals surface area contributed by atoms with Crippen LogP contribution in [-0.4, -0.2) is 56.5 Å². The van der Waals surface area contributed by atoms with Gasteiger partial charge < -0.3 is 19.7 Å². The average molecular weight is 291 g/mol. The summed E-state index contributed by atoms with van der Waals surface area (Å²) in [6.45, 7) is 4.48. The first kappa shape index (κ1) is 14.3. The minimum absolute atomic E-state index is 0.0897. The topological polar surface area (TPSA) is 63.7 Å². The number of carbonyl (C=O) groups is 1. The number of hydrogen-bond donors (Lipinski definition) is 1. The van der Waals surface area contributed by atoms with Crippen molar-refractivity contribution in [3.05, 3.63) is 24.0 Å². The molecule has 0 spiro atoms. The van der Waals surface area contributed by atoms with Gasteiger partial charge in [0.2, 0.25) is 0 Å². The van der Waals surface area contributed by atoms with Gasteiger partial charge in [-0.3, -0.25) is 9.78 Å². The predicted octanol–water partition coefficient (Wildman–Crippen LogP) is 0.827. The predicted molar refractivity (Wildman–Crippen MR) is 78.6 cm³/mol. The summed E-state index contributed by atoms with van der Waals surface area (Å²) in [7, 11) is 0. The maximum absolute atomic E-state index is 12.2. The second-order valence-electron chi connectivity index (χ2n) is 5.38. The van der Waals surface area contributed by atoms with E-state index in [1.807, 2.05) is 6.07 Å². The fourth-order valence-corrected chi connectivity index (χ4v) is 2.66. The molecule has 0 bridgehead atoms. The molecule has 2 saturated heterocycles. The molecule has 1 aromatic rings. The van der Waals surface area contributed by atoms with Gasteiger partial charge in [0.25, 0.3) is 5.91 Å². The first-order chi connectivity index (χ1) is 10.3. The van der Waals surface area contributed by atoms with E-state index in [2.05, 4.69) is 15.2 Å². The van der Waals surface area contributed by atoms with Gasteiger partial charge in [0, 0.05) is 32.4 Å². The summed E-state index contributed by atoms with van der Waals surface area (Å²) in [6.07, 6.45) is 5.65. The Morgan fingerprint density at radius 2 is 2.19 bits per heavy atom. The van der Waals surface area contributed by atoms with E-state index in [-0.39, 0.29) is 12.0 Å². The van der Waals surface area contributed by atoms with Gasteiger partial charge in [0.05, 0.1) is 36.8 Å². The third kappa shape index (κ3) is 3.71. The van der Waals surface area contributed by atoms with Crippen LogP contribution < -0.4 is 10.2 Å². The summed E-state index contributed by atoms with van der Waals surface area (Å²) in [6, 6.07) is 1.89. The minimum Gasteiger partial charge on any atom is -0.378 e. The number of amides is 1. The first-order valence-electron chi connectivity index (χ1n) is 7.50. The number of rotatable bonds is 4. The highest BCUT2D eigenvalue weighted by molar-refractivity contribution is 5.94. The zero-order chi connectivity index (χ0) is 14.5. The van der Waals surface area contributed by atoms with Crippen LogP contribution in [0.15, 0.2) is 18.5 Å². The lowest BCUT2D eigenvalue weighted by atomic mass is 10.2. The molecule has 1 amide bonds. The highest BCUT2D eigenvalue weighted by Crippen LogP contribution is 2.16. The van der Waals surface area contributed by atoms with Crippen LogP contribution in [0.1, 0.15) is 23.2 Å². The van der Waals surface area contributed by atoms with Crippen molar-refractivity contribution < 1.29 is 14.3 Å². The molecule has 6 nitrogen and oxygen atoms in total. The van der Waals surface area contributed by atoms with Crippen molar-refractivity contribution in [3.8, 4) is 0 Å². The Hall–Kier alpha value is -1.66. The quantitative estimate of drug-likeness (QED) is 0.890. The summed E-state index contributed by atoms with van der Waals surface area (Å²) in [5, 5.41) is 2.92. The fraction of sp³-hybridized carbons (Fsp3) is 0.600. The van der Waals surface area contributed by atoms with Crippen molar-refractivity contribution in [2.45, 2.75) is 18.9 Å². The highest BCUT2D eigenvalue weighted by atomic mass is 16.5. The second-order valence-corrected chi connectivity index (χ2v) is 5.38. The number of anilines is 1. The average Bonchev–Trinajstić information content (AvgIpc) is 3.07. The molecule has 2 fully saturated rings. The summed E-state index contributed by atoms with van der Waals surface area (Å²) >= 11 is 0. The lowest BCUT2D eigenvalue weighted by Gasteiger charge is -2.28. The van der Waals surface area contributed by atoms with Gasteiger partial charge >= 0.3 is 0 Å². The van der Waals surface area contributed by atoms with Crippen LogP contribution in [0.4, 0.5) is 5.69 Å². The molecule has 0 radical (unpaired) electrons. The molecule has 1 unspecified atom stereocenters. The standard InChI is InChI=1S/C15H21N3O3/c19-15(17-11-14-2-1-5-21-14)12-8-13(10-16-9-12)18-3-6-20-7-4-18/h8-10,14H,1-7,11H2,(H,17,19). The molecule has 3 heterocycles. The molecular formula is C15H21N3O3. The van der Waals surface area contributed by atoms with E-state index >= 15 is 0 Å². The van der Waals surface area contributed by atoms with Gasteiger partial charge in [-0.25, -0.2) is 0 Å². The van der Waals surface area contributed by atoms with Crippen LogP contribution in [0.3, 0.4) is 0 Å². The van der Waals surface area contributed by atoms with Crippen molar-refractivity contribution in [2.75, 3.05) is 44.4 Å². The fourth-order valence-electron chi connectivity index (χ4n) is 2.66. The summed E-state index contributed by atoms with van der Waals surface area (Å²) in [4.78, 5) is 18.6. The molecule has 21 heavy (non-hydrogen) atoms. The van der Waals surface area contributed by atoms with Crippen LogP contribution in [0.5, 0.6) is 0 Å². The normalized spacial score (nSPS) is 22.3. The van der Waals surface area contributed by atoms with E-state index in [1.54, 1.807) is 12.4 Å². The molecule has 0 aromatic carbocycles. The van der Waals surface area contributed by atoms with Crippen molar-refractivity contribution in [3.63, 3.8) is 0 Å². The third-order valence-corrected chi connectivity index (χ3v) is 3.88. The summed E-state index contributed by atoms with van der Waals surface area (Å²) < 4.78 is 10.8. The van der Waals surface area contributed by atoms with Gasteiger partial charge in [-0.05, 0) is 18.9 Å². The monoisotopic (exact) mass is 291 g/mol. The van der Waals surface area contributed by atoms with Gasteiger partial charge in [-0.15, -0.1) is 0 Å². The van der Waals surface area contributed by atoms with Crippen molar-refractivity contribution in [1.29, 1.82) is 0 Å². The number of nitrogens with one attached hydrogen (secondary N) is 1. The zero-order valence-corrected chi connectivity index (χ0v) is 12.1. The SMILES string of the molecule is O=C(NCC1CCCO1)c1cncc(N2CCOCC2)c1. The number of hydrogen-bond acceptors (Lipinski definition) is 5. The molecular weight excluding hydrogens is 270 g/mol. The van der Waals surface area contributed by atoms with E-state index < -0.39 is 0 Å². The molecule has 0 aliphatic carbocycles. The van der Waals surface area contributed by atoms with E-state index in [0.29, 0.717) is 12.1 Å². The summed E-state index contributed by atoms with van der Waals surface area (Å²) in [5.74, 6) is -0.0897. The minimum atomic E-state index is -0.0897. The van der Waals surface area contributed by atoms with Crippen molar-refractivity contribution in [1.82, 2.24) is 10.3 Å². The Morgan fingerprint density at radius 3 is 2.95 bits per heavy atom. The number of ether oxygens (including phenoxy) is 2. The van der Waals surface area contributed by atoms with E-state index in [0.717, 1.165) is 51.4 Å². The molecule has 114 valence electrons. The highest BCUT2D eigenvalue weighted by Gasteiger charge is 2.18. The molecule has 6 heteroatoms. The summed E-state index contributed by atoms with van der Waals surface area (Å²) in [5.41, 5.74) is 1.57. The van der Waals surface area contributed by atoms with Crippen LogP contribution in [0.2, 0.25) is 0 Å². The van der Waals surface area contributed by atoms with Crippen molar-refractivity contribution in [2.24, 2.45) is 0 Å². The van der Waals surface area contributed by atoms with Gasteiger partial charge in [0.1, 0.15) is 0 Å². The Kier molecular flexibility index (Phi) is 4.67. The number of carbonyl (C=O) groups excluding carboxylic acids is 1. The molecule has 1 aromatic heterocycles. The van der Waals surface area contributed by atoms with E-state index in [9.17, 15) is 4.79 Å². The van der Waals surface area contributed by atoms with E-state index in [1.165, 1.54) is 0 Å². The van der Waals surface area contributed by atoms with Crippen LogP contribution in [0, 0.1) is 0 Å². The van der Waals surface area contributed by atoms with Gasteiger partial charge in [-0.1, -0.05) is 0 Å². The number of pyridine rings is 1. The van der Waals surface area contributed by atoms with Crippen LogP contribution >= 0.6 is 0 Å². The Bertz CT molecular complexity index is 483. The van der Waals surface area contributed by atoms with E-state index in [4.69, 9.17) is 9.47 Å². The van der Waals surface area contributed by atoms with Gasteiger partial charge in [0.15, 0.2) is 0 Å². The molecule has 1 N–H and O–H groups in total. The number of aromatic nitrogens is 1. The Balaban J connectivity index is 1.60. The smallest absolute Gasteiger partial charge is 0.253 e. The largest absolute Gasteiger partial charge is 0.378 e. The Labute approximate surface area is 124 Å². The third-order valence-electron chi connectivity index (χ3n) is 3.88. The molecule has 2 aliphatic heterocycles. The maximum atomic E-state index is 12.2. The van der Waals surface area contributed by atoms with Crippen molar-refractivity contribution >= 4 is 11.6 Å². The number of morpholine rings is 1. The maximum Gasteiger partial charge on any atom is 0.253 e.